The van der Waals surface area contributed by atoms with E-state index >= 15 is 0 Å². The number of nitrogens with one attached hydrogen (secondary N) is 3. The average molecular weight is 266 g/mol. The molecule has 0 saturated carbocycles. The monoisotopic (exact) mass is 266 g/mol. The summed E-state index contributed by atoms with van der Waals surface area (Å²) in [7, 11) is 0. The molecule has 106 valence electrons. The van der Waals surface area contributed by atoms with Crippen molar-refractivity contribution in [3.8, 4) is 0 Å². The normalized spacial score (nSPS) is 23.4. The van der Waals surface area contributed by atoms with Gasteiger partial charge in [0.15, 0.2) is 0 Å². The number of hydrogen-bond acceptors (Lipinski definition) is 4. The number of carbonyl (C=O) groups is 1. The largest absolute Gasteiger partial charge is 0.444 e. The van der Waals surface area contributed by atoms with Gasteiger partial charge in [0.2, 0.25) is 0 Å². The first-order chi connectivity index (χ1) is 8.85. The van der Waals surface area contributed by atoms with E-state index in [1.54, 1.807) is 6.20 Å². The molecule has 6 heteroatoms. The molecular weight excluding hydrogens is 244 g/mol. The highest BCUT2D eigenvalue weighted by Crippen LogP contribution is 2.21. The molecule has 1 saturated heterocycles. The zero-order valence-electron chi connectivity index (χ0n) is 11.9. The minimum Gasteiger partial charge on any atom is -0.444 e. The molecule has 0 unspecified atom stereocenters. The van der Waals surface area contributed by atoms with Crippen LogP contribution in [0.15, 0.2) is 6.20 Å². The van der Waals surface area contributed by atoms with E-state index in [9.17, 15) is 4.79 Å². The fourth-order valence-corrected chi connectivity index (χ4v) is 2.20. The van der Waals surface area contributed by atoms with Gasteiger partial charge in [-0.2, -0.15) is 0 Å². The van der Waals surface area contributed by atoms with Crippen molar-refractivity contribution in [3.05, 3.63) is 17.7 Å². The number of aryl methyl sites for hydroxylation is 1. The Bertz CT molecular complexity index is 450. The number of H-pyrrole nitrogens is 1. The number of aromatic nitrogens is 2. The average Bonchev–Trinajstić information content (AvgIpc) is 2.83. The molecule has 2 atom stereocenters. The molecular formula is C13H22N4O2. The van der Waals surface area contributed by atoms with E-state index in [-0.39, 0.29) is 18.2 Å². The van der Waals surface area contributed by atoms with Crippen LogP contribution in [0.1, 0.15) is 44.8 Å². The van der Waals surface area contributed by atoms with Crippen LogP contribution in [-0.4, -0.2) is 34.2 Å². The highest BCUT2D eigenvalue weighted by molar-refractivity contribution is 5.68. The fourth-order valence-electron chi connectivity index (χ4n) is 2.20. The van der Waals surface area contributed by atoms with Gasteiger partial charge in [0.05, 0.1) is 12.1 Å². The maximum atomic E-state index is 11.8. The highest BCUT2D eigenvalue weighted by atomic mass is 16.6. The summed E-state index contributed by atoms with van der Waals surface area (Å²) < 4.78 is 5.28. The van der Waals surface area contributed by atoms with Crippen molar-refractivity contribution in [2.75, 3.05) is 6.54 Å². The van der Waals surface area contributed by atoms with Gasteiger partial charge in [-0.3, -0.25) is 0 Å². The predicted molar refractivity (Wildman–Crippen MR) is 71.8 cm³/mol. The van der Waals surface area contributed by atoms with E-state index in [0.717, 1.165) is 24.5 Å². The number of amides is 1. The Morgan fingerprint density at radius 2 is 2.26 bits per heavy atom. The van der Waals surface area contributed by atoms with E-state index in [2.05, 4.69) is 20.6 Å². The van der Waals surface area contributed by atoms with E-state index in [1.807, 2.05) is 27.7 Å². The van der Waals surface area contributed by atoms with Gasteiger partial charge in [0, 0.05) is 11.9 Å². The fraction of sp³-hybridized carbons (Fsp3) is 0.692. The van der Waals surface area contributed by atoms with E-state index < -0.39 is 5.60 Å². The molecule has 1 fully saturated rings. The van der Waals surface area contributed by atoms with Gasteiger partial charge in [0.1, 0.15) is 11.4 Å². The maximum Gasteiger partial charge on any atom is 0.407 e. The molecule has 1 aliphatic rings. The second-order valence-electron chi connectivity index (χ2n) is 5.92. The van der Waals surface area contributed by atoms with Crippen molar-refractivity contribution < 1.29 is 9.53 Å². The molecule has 0 aliphatic carbocycles. The van der Waals surface area contributed by atoms with Crippen LogP contribution in [0.4, 0.5) is 4.79 Å². The van der Waals surface area contributed by atoms with Gasteiger partial charge in [-0.05, 0) is 40.7 Å². The molecule has 0 radical (unpaired) electrons. The first kappa shape index (κ1) is 13.9. The lowest BCUT2D eigenvalue weighted by atomic mass is 10.1. The van der Waals surface area contributed by atoms with E-state index in [0.29, 0.717) is 0 Å². The Morgan fingerprint density at radius 1 is 1.53 bits per heavy atom. The van der Waals surface area contributed by atoms with Gasteiger partial charge in [0.25, 0.3) is 0 Å². The van der Waals surface area contributed by atoms with Crippen LogP contribution in [-0.2, 0) is 4.74 Å². The number of ether oxygens (including phenoxy) is 1. The van der Waals surface area contributed by atoms with Crippen molar-refractivity contribution in [2.24, 2.45) is 0 Å². The SMILES string of the molecule is Cc1cnc([C@@H]2NCC[C@H]2NC(=O)OC(C)(C)C)[nH]1. The molecule has 3 N–H and O–H groups in total. The van der Waals surface area contributed by atoms with Crippen LogP contribution in [0.5, 0.6) is 0 Å². The lowest BCUT2D eigenvalue weighted by molar-refractivity contribution is 0.0500. The lowest BCUT2D eigenvalue weighted by Crippen LogP contribution is -2.41. The van der Waals surface area contributed by atoms with Gasteiger partial charge < -0.3 is 20.4 Å². The molecule has 1 aromatic rings. The molecule has 2 rings (SSSR count). The van der Waals surface area contributed by atoms with Gasteiger partial charge >= 0.3 is 6.09 Å². The van der Waals surface area contributed by atoms with Gasteiger partial charge in [-0.25, -0.2) is 9.78 Å². The molecule has 1 amide bonds. The van der Waals surface area contributed by atoms with Crippen molar-refractivity contribution in [1.29, 1.82) is 0 Å². The topological polar surface area (TPSA) is 79.0 Å². The zero-order chi connectivity index (χ0) is 14.0. The number of hydrogen-bond donors (Lipinski definition) is 3. The summed E-state index contributed by atoms with van der Waals surface area (Å²) in [5, 5.41) is 6.25. The van der Waals surface area contributed by atoms with E-state index in [4.69, 9.17) is 4.74 Å². The molecule has 0 aromatic carbocycles. The smallest absolute Gasteiger partial charge is 0.407 e. The van der Waals surface area contributed by atoms with E-state index in [1.165, 1.54) is 0 Å². The summed E-state index contributed by atoms with van der Waals surface area (Å²) in [6, 6.07) is 0.0154. The number of imidazole rings is 1. The number of alkyl carbamates (subject to hydrolysis) is 1. The predicted octanol–water partition coefficient (Wildman–Crippen LogP) is 1.65. The summed E-state index contributed by atoms with van der Waals surface area (Å²) in [5.74, 6) is 0.857. The molecule has 6 nitrogen and oxygen atoms in total. The molecule has 0 bridgehead atoms. The first-order valence-corrected chi connectivity index (χ1v) is 6.59. The first-order valence-electron chi connectivity index (χ1n) is 6.59. The summed E-state index contributed by atoms with van der Waals surface area (Å²) in [6.45, 7) is 8.37. The second kappa shape index (κ2) is 5.21. The third-order valence-electron chi connectivity index (χ3n) is 2.94. The standard InChI is InChI=1S/C13H22N4O2/c1-8-7-15-11(16-8)10-9(5-6-14-10)17-12(18)19-13(2,3)4/h7,9-10,14H,5-6H2,1-4H3,(H,15,16)(H,17,18)/t9-,10-/m1/s1. The quantitative estimate of drug-likeness (QED) is 0.760. The summed E-state index contributed by atoms with van der Waals surface area (Å²) in [5.41, 5.74) is 0.534. The molecule has 1 aliphatic heterocycles. The lowest BCUT2D eigenvalue weighted by Gasteiger charge is -2.23. The second-order valence-corrected chi connectivity index (χ2v) is 5.92. The van der Waals surface area contributed by atoms with Crippen molar-refractivity contribution >= 4 is 6.09 Å². The Balaban J connectivity index is 1.98. The number of aromatic amines is 1. The number of nitrogens with zero attached hydrogens (tertiary/aromatic N) is 1. The number of rotatable bonds is 2. The van der Waals surface area contributed by atoms with Crippen LogP contribution in [0, 0.1) is 6.92 Å². The van der Waals surface area contributed by atoms with Crippen LogP contribution >= 0.6 is 0 Å². The summed E-state index contributed by atoms with van der Waals surface area (Å²) in [6.07, 6.45) is 2.28. The van der Waals surface area contributed by atoms with Crippen LogP contribution in [0.3, 0.4) is 0 Å². The highest BCUT2D eigenvalue weighted by Gasteiger charge is 2.32. The minimum atomic E-state index is -0.479. The third-order valence-corrected chi connectivity index (χ3v) is 2.94. The van der Waals surface area contributed by atoms with Crippen molar-refractivity contribution in [3.63, 3.8) is 0 Å². The summed E-state index contributed by atoms with van der Waals surface area (Å²) >= 11 is 0. The summed E-state index contributed by atoms with van der Waals surface area (Å²) in [4.78, 5) is 19.3. The molecule has 2 heterocycles. The maximum absolute atomic E-state index is 11.8. The Hall–Kier alpha value is -1.56. The zero-order valence-corrected chi connectivity index (χ0v) is 11.9. The van der Waals surface area contributed by atoms with Crippen LogP contribution in [0.2, 0.25) is 0 Å². The Labute approximate surface area is 113 Å². The van der Waals surface area contributed by atoms with Gasteiger partial charge in [-0.15, -0.1) is 0 Å². The van der Waals surface area contributed by atoms with Crippen molar-refractivity contribution in [1.82, 2.24) is 20.6 Å². The van der Waals surface area contributed by atoms with Crippen LogP contribution in [0.25, 0.3) is 0 Å². The van der Waals surface area contributed by atoms with Gasteiger partial charge in [-0.1, -0.05) is 0 Å². The minimum absolute atomic E-state index is 0.000370. The van der Waals surface area contributed by atoms with Crippen molar-refractivity contribution in [2.45, 2.75) is 51.8 Å². The molecule has 0 spiro atoms. The van der Waals surface area contributed by atoms with Crippen LogP contribution < -0.4 is 10.6 Å². The Kier molecular flexibility index (Phi) is 3.80. The third kappa shape index (κ3) is 3.70. The number of carbonyl (C=O) groups excluding carboxylic acids is 1. The molecule has 19 heavy (non-hydrogen) atoms. The Morgan fingerprint density at radius 3 is 2.84 bits per heavy atom. The molecule has 1 aromatic heterocycles.